The summed E-state index contributed by atoms with van der Waals surface area (Å²) in [7, 11) is 0. The molecule has 10 nitrogen and oxygen atoms in total. The standard InChI is InChI=1S/C22H24FIN4O6/c23-4-5-31-6-7-32-8-9-33-10-11-34-21-14-19-18(13-20(21)28(29)30)22(26-15-25-19)27-17-3-1-2-16(24)12-17/h1-3,12-15H,4-11H2,(H,25,26,27). The molecule has 2 aromatic carbocycles. The lowest BCUT2D eigenvalue weighted by atomic mass is 10.2. The van der Waals surface area contributed by atoms with Crippen molar-refractivity contribution in [2.45, 2.75) is 0 Å². The van der Waals surface area contributed by atoms with Gasteiger partial charge in [0.2, 0.25) is 0 Å². The molecule has 1 N–H and O–H groups in total. The molecule has 0 amide bonds. The van der Waals surface area contributed by atoms with E-state index >= 15 is 0 Å². The zero-order valence-electron chi connectivity index (χ0n) is 18.2. The van der Waals surface area contributed by atoms with E-state index in [9.17, 15) is 14.5 Å². The largest absolute Gasteiger partial charge is 0.484 e. The normalized spacial score (nSPS) is 11.0. The number of hydrogen-bond acceptors (Lipinski definition) is 9. The molecule has 0 fully saturated rings. The second-order valence-corrected chi connectivity index (χ2v) is 8.07. The highest BCUT2D eigenvalue weighted by Gasteiger charge is 2.19. The van der Waals surface area contributed by atoms with E-state index in [2.05, 4.69) is 37.9 Å². The van der Waals surface area contributed by atoms with Crippen LogP contribution in [0.25, 0.3) is 10.9 Å². The lowest BCUT2D eigenvalue weighted by Crippen LogP contribution is -2.13. The van der Waals surface area contributed by atoms with Crippen molar-refractivity contribution in [1.29, 1.82) is 0 Å². The molecule has 0 atom stereocenters. The maximum absolute atomic E-state index is 11.9. The molecule has 0 radical (unpaired) electrons. The summed E-state index contributed by atoms with van der Waals surface area (Å²) in [6, 6.07) is 10.6. The van der Waals surface area contributed by atoms with Gasteiger partial charge in [0, 0.05) is 21.4 Å². The van der Waals surface area contributed by atoms with Crippen LogP contribution in [0.4, 0.5) is 21.6 Å². The van der Waals surface area contributed by atoms with Gasteiger partial charge in [-0.05, 0) is 40.8 Å². The minimum atomic E-state index is -0.517. The van der Waals surface area contributed by atoms with E-state index in [1.54, 1.807) is 0 Å². The van der Waals surface area contributed by atoms with Crippen LogP contribution in [0.3, 0.4) is 0 Å². The molecule has 0 aliphatic carbocycles. The lowest BCUT2D eigenvalue weighted by Gasteiger charge is -2.11. The number of benzene rings is 2. The molecule has 0 spiro atoms. The first kappa shape index (κ1) is 25.9. The summed E-state index contributed by atoms with van der Waals surface area (Å²) in [4.78, 5) is 19.6. The third-order valence-electron chi connectivity index (χ3n) is 4.45. The number of anilines is 2. The van der Waals surface area contributed by atoms with Gasteiger partial charge in [0.05, 0.1) is 55.5 Å². The predicted molar refractivity (Wildman–Crippen MR) is 133 cm³/mol. The van der Waals surface area contributed by atoms with Gasteiger partial charge in [0.25, 0.3) is 0 Å². The number of nitrogens with one attached hydrogen (secondary N) is 1. The molecule has 34 heavy (non-hydrogen) atoms. The molecule has 0 unspecified atom stereocenters. The monoisotopic (exact) mass is 586 g/mol. The van der Waals surface area contributed by atoms with Crippen molar-refractivity contribution in [3.8, 4) is 5.75 Å². The Balaban J connectivity index is 1.57. The molecule has 3 rings (SSSR count). The second-order valence-electron chi connectivity index (χ2n) is 6.83. The summed E-state index contributed by atoms with van der Waals surface area (Å²) in [5.41, 5.74) is 1.13. The molecule has 0 saturated heterocycles. The van der Waals surface area contributed by atoms with Gasteiger partial charge in [-0.1, -0.05) is 6.07 Å². The number of ether oxygens (including phenoxy) is 4. The van der Waals surface area contributed by atoms with Crippen LogP contribution < -0.4 is 10.1 Å². The van der Waals surface area contributed by atoms with Crippen molar-refractivity contribution in [2.75, 3.05) is 58.2 Å². The molecule has 1 heterocycles. The van der Waals surface area contributed by atoms with Crippen molar-refractivity contribution in [3.63, 3.8) is 0 Å². The Bertz CT molecular complexity index is 1090. The average Bonchev–Trinajstić information content (AvgIpc) is 2.82. The fourth-order valence-corrected chi connectivity index (χ4v) is 3.48. The number of alkyl halides is 1. The first-order valence-electron chi connectivity index (χ1n) is 10.5. The van der Waals surface area contributed by atoms with Gasteiger partial charge in [-0.3, -0.25) is 10.1 Å². The van der Waals surface area contributed by atoms with Crippen molar-refractivity contribution in [2.24, 2.45) is 0 Å². The van der Waals surface area contributed by atoms with Gasteiger partial charge in [-0.25, -0.2) is 14.4 Å². The second kappa shape index (κ2) is 13.9. The quantitative estimate of drug-likeness (QED) is 0.121. The van der Waals surface area contributed by atoms with E-state index in [0.717, 1.165) is 9.26 Å². The number of halogens is 2. The lowest BCUT2D eigenvalue weighted by molar-refractivity contribution is -0.385. The fraction of sp³-hybridized carbons (Fsp3) is 0.364. The van der Waals surface area contributed by atoms with Crippen molar-refractivity contribution < 1.29 is 28.3 Å². The molecule has 0 aliphatic rings. The zero-order chi connectivity index (χ0) is 24.2. The Hall–Kier alpha value is -2.68. The summed E-state index contributed by atoms with van der Waals surface area (Å²) in [6.45, 7) is 1.24. The van der Waals surface area contributed by atoms with Crippen LogP contribution in [0.2, 0.25) is 0 Å². The highest BCUT2D eigenvalue weighted by atomic mass is 127. The van der Waals surface area contributed by atoms with Gasteiger partial charge >= 0.3 is 5.69 Å². The Morgan fingerprint density at radius 1 is 0.971 bits per heavy atom. The molecule has 182 valence electrons. The van der Waals surface area contributed by atoms with Crippen molar-refractivity contribution >= 4 is 50.7 Å². The van der Waals surface area contributed by atoms with Crippen LogP contribution in [0, 0.1) is 13.7 Å². The summed E-state index contributed by atoms with van der Waals surface area (Å²) < 4.78 is 34.2. The van der Waals surface area contributed by atoms with Gasteiger partial charge in [-0.2, -0.15) is 0 Å². The van der Waals surface area contributed by atoms with E-state index in [-0.39, 0.29) is 31.3 Å². The molecular weight excluding hydrogens is 562 g/mol. The molecule has 0 aliphatic heterocycles. The zero-order valence-corrected chi connectivity index (χ0v) is 20.4. The van der Waals surface area contributed by atoms with Crippen LogP contribution in [-0.4, -0.2) is 67.8 Å². The van der Waals surface area contributed by atoms with E-state index in [1.807, 2.05) is 24.3 Å². The number of rotatable bonds is 15. The van der Waals surface area contributed by atoms with Crippen LogP contribution in [0.15, 0.2) is 42.7 Å². The maximum Gasteiger partial charge on any atom is 0.311 e. The van der Waals surface area contributed by atoms with Crippen LogP contribution in [0.1, 0.15) is 0 Å². The van der Waals surface area contributed by atoms with Gasteiger partial charge in [0.1, 0.15) is 25.4 Å². The van der Waals surface area contributed by atoms with Gasteiger partial charge in [0.15, 0.2) is 5.75 Å². The first-order valence-corrected chi connectivity index (χ1v) is 11.5. The minimum absolute atomic E-state index is 0.0639. The Kier molecular flexibility index (Phi) is 10.6. The molecular formula is C22H24FIN4O6. The molecule has 12 heteroatoms. The SMILES string of the molecule is O=[N+]([O-])c1cc2c(Nc3cccc(I)c3)ncnc2cc1OCCOCCOCCOCCF. The minimum Gasteiger partial charge on any atom is -0.484 e. The van der Waals surface area contributed by atoms with E-state index in [0.29, 0.717) is 43.1 Å². The predicted octanol–water partition coefficient (Wildman–Crippen LogP) is 4.28. The van der Waals surface area contributed by atoms with Crippen LogP contribution in [-0.2, 0) is 14.2 Å². The number of fused-ring (bicyclic) bond motifs is 1. The molecule has 1 aromatic heterocycles. The smallest absolute Gasteiger partial charge is 0.311 e. The Morgan fingerprint density at radius 3 is 2.35 bits per heavy atom. The summed E-state index contributed by atoms with van der Waals surface area (Å²) >= 11 is 2.20. The topological polar surface area (TPSA) is 118 Å². The number of aromatic nitrogens is 2. The number of nitrogens with zero attached hydrogens (tertiary/aromatic N) is 3. The number of nitro benzene ring substituents is 1. The third kappa shape index (κ3) is 7.97. The van der Waals surface area contributed by atoms with E-state index in [4.69, 9.17) is 18.9 Å². The average molecular weight is 586 g/mol. The van der Waals surface area contributed by atoms with Crippen LogP contribution >= 0.6 is 22.6 Å². The third-order valence-corrected chi connectivity index (χ3v) is 5.12. The van der Waals surface area contributed by atoms with Gasteiger partial charge < -0.3 is 24.3 Å². The summed E-state index contributed by atoms with van der Waals surface area (Å²) in [6.07, 6.45) is 1.39. The van der Waals surface area contributed by atoms with E-state index in [1.165, 1.54) is 18.5 Å². The van der Waals surface area contributed by atoms with E-state index < -0.39 is 11.6 Å². The summed E-state index contributed by atoms with van der Waals surface area (Å²) in [5, 5.41) is 15.4. The highest BCUT2D eigenvalue weighted by molar-refractivity contribution is 14.1. The Labute approximate surface area is 209 Å². The number of hydrogen-bond donors (Lipinski definition) is 1. The molecule has 0 saturated carbocycles. The van der Waals surface area contributed by atoms with Crippen molar-refractivity contribution in [3.05, 3.63) is 56.4 Å². The number of nitro groups is 1. The fourth-order valence-electron chi connectivity index (χ4n) is 2.94. The maximum atomic E-state index is 11.9. The van der Waals surface area contributed by atoms with Crippen molar-refractivity contribution in [1.82, 2.24) is 9.97 Å². The first-order chi connectivity index (χ1) is 16.6. The molecule has 0 bridgehead atoms. The highest BCUT2D eigenvalue weighted by Crippen LogP contribution is 2.34. The molecule has 3 aromatic rings. The van der Waals surface area contributed by atoms with Crippen LogP contribution in [0.5, 0.6) is 5.75 Å². The van der Waals surface area contributed by atoms with Gasteiger partial charge in [-0.15, -0.1) is 0 Å². The summed E-state index contributed by atoms with van der Waals surface area (Å²) in [5.74, 6) is 0.557. The Morgan fingerprint density at radius 2 is 1.68 bits per heavy atom.